The second kappa shape index (κ2) is 9.09. The Morgan fingerprint density at radius 3 is 2.88 bits per heavy atom. The quantitative estimate of drug-likeness (QED) is 0.393. The summed E-state index contributed by atoms with van der Waals surface area (Å²) in [6.45, 7) is 1.02. The Bertz CT molecular complexity index is 1330. The second-order valence-corrected chi connectivity index (χ2v) is 9.78. The molecule has 4 aromatic rings. The fourth-order valence-corrected chi connectivity index (χ4v) is 5.52. The summed E-state index contributed by atoms with van der Waals surface area (Å²) in [6.07, 6.45) is 2.89. The Kier molecular flexibility index (Phi) is 6.01. The fraction of sp³-hybridized carbons (Fsp3) is 0.240. The highest BCUT2D eigenvalue weighted by Crippen LogP contribution is 2.44. The molecule has 0 unspecified atom stereocenters. The van der Waals surface area contributed by atoms with Gasteiger partial charge in [-0.25, -0.2) is 0 Å². The first-order chi connectivity index (χ1) is 16.0. The van der Waals surface area contributed by atoms with E-state index in [0.717, 1.165) is 44.6 Å². The number of ether oxygens (including phenoxy) is 1. The van der Waals surface area contributed by atoms with E-state index in [0.29, 0.717) is 24.6 Å². The van der Waals surface area contributed by atoms with E-state index in [4.69, 9.17) is 16.3 Å². The number of carbonyl (C=O) groups excluding carboxylic acids is 1. The maximum atomic E-state index is 12.3. The van der Waals surface area contributed by atoms with Gasteiger partial charge in [-0.05, 0) is 55.6 Å². The van der Waals surface area contributed by atoms with Crippen LogP contribution in [0.5, 0.6) is 5.75 Å². The van der Waals surface area contributed by atoms with Gasteiger partial charge in [0.15, 0.2) is 11.6 Å². The van der Waals surface area contributed by atoms with Gasteiger partial charge < -0.3 is 9.64 Å². The molecule has 0 N–H and O–H groups in total. The van der Waals surface area contributed by atoms with Crippen LogP contribution in [0.1, 0.15) is 11.1 Å². The maximum Gasteiger partial charge on any atom is 0.178 e. The molecule has 0 fully saturated rings. The van der Waals surface area contributed by atoms with Gasteiger partial charge in [0.1, 0.15) is 12.1 Å². The van der Waals surface area contributed by atoms with Crippen molar-refractivity contribution < 1.29 is 9.53 Å². The van der Waals surface area contributed by atoms with E-state index in [1.54, 1.807) is 17.7 Å². The van der Waals surface area contributed by atoms with Crippen molar-refractivity contribution in [2.45, 2.75) is 12.8 Å². The van der Waals surface area contributed by atoms with Gasteiger partial charge in [0, 0.05) is 23.3 Å². The Balaban J connectivity index is 1.50. The number of halogens is 1. The fourth-order valence-electron chi connectivity index (χ4n) is 4.07. The largest absolute Gasteiger partial charge is 0.493 e. The number of thiophene rings is 1. The van der Waals surface area contributed by atoms with Crippen LogP contribution in [0.2, 0.25) is 5.02 Å². The van der Waals surface area contributed by atoms with Crippen LogP contribution in [-0.4, -0.2) is 52.7 Å². The average Bonchev–Trinajstić information content (AvgIpc) is 3.38. The van der Waals surface area contributed by atoms with Crippen LogP contribution in [0, 0.1) is 0 Å². The third kappa shape index (κ3) is 4.44. The molecular formula is C25H23ClN4O2S. The van der Waals surface area contributed by atoms with Crippen LogP contribution in [0.4, 0.5) is 0 Å². The molecule has 0 bridgehead atoms. The highest BCUT2D eigenvalue weighted by molar-refractivity contribution is 7.19. The lowest BCUT2D eigenvalue weighted by Gasteiger charge is -2.11. The lowest BCUT2D eigenvalue weighted by Crippen LogP contribution is -2.22. The SMILES string of the molecule is CN(C)CC(=O)Cc1ccc2c(c1)OCCc1cc(-c3nncn3-c3ccccc3Cl)sc1-2. The molecule has 0 amide bonds. The van der Waals surface area contributed by atoms with Gasteiger partial charge in [0.25, 0.3) is 0 Å². The molecule has 0 saturated carbocycles. The number of likely N-dealkylation sites (N-methyl/N-ethyl adjacent to an activating group) is 1. The molecule has 1 aliphatic heterocycles. The Hall–Kier alpha value is -3.00. The number of hydrogen-bond donors (Lipinski definition) is 0. The molecule has 3 heterocycles. The molecule has 168 valence electrons. The molecule has 0 spiro atoms. The molecule has 0 saturated heterocycles. The maximum absolute atomic E-state index is 12.3. The minimum atomic E-state index is 0.187. The molecule has 2 aromatic carbocycles. The Morgan fingerprint density at radius 1 is 1.21 bits per heavy atom. The normalized spacial score (nSPS) is 12.7. The molecule has 33 heavy (non-hydrogen) atoms. The van der Waals surface area contributed by atoms with E-state index in [-0.39, 0.29) is 5.78 Å². The van der Waals surface area contributed by atoms with Gasteiger partial charge in [0.2, 0.25) is 0 Å². The summed E-state index contributed by atoms with van der Waals surface area (Å²) in [5.41, 5.74) is 4.09. The summed E-state index contributed by atoms with van der Waals surface area (Å²) in [6, 6.07) is 15.9. The second-order valence-electron chi connectivity index (χ2n) is 8.32. The lowest BCUT2D eigenvalue weighted by atomic mass is 10.0. The van der Waals surface area contributed by atoms with Gasteiger partial charge in [-0.2, -0.15) is 0 Å². The smallest absolute Gasteiger partial charge is 0.178 e. The van der Waals surface area contributed by atoms with Gasteiger partial charge in [-0.3, -0.25) is 9.36 Å². The molecule has 8 heteroatoms. The van der Waals surface area contributed by atoms with Gasteiger partial charge in [-0.1, -0.05) is 29.8 Å². The number of rotatable bonds is 6. The first-order valence-electron chi connectivity index (χ1n) is 10.7. The summed E-state index contributed by atoms with van der Waals surface area (Å²) in [7, 11) is 3.81. The van der Waals surface area contributed by atoms with Crippen molar-refractivity contribution in [1.29, 1.82) is 0 Å². The average molecular weight is 479 g/mol. The van der Waals surface area contributed by atoms with E-state index in [1.807, 2.05) is 60.0 Å². The number of ketones is 1. The molecular weight excluding hydrogens is 456 g/mol. The van der Waals surface area contributed by atoms with Crippen LogP contribution in [0.25, 0.3) is 26.8 Å². The van der Waals surface area contributed by atoms with Crippen molar-refractivity contribution in [2.24, 2.45) is 0 Å². The number of nitrogens with zero attached hydrogens (tertiary/aromatic N) is 4. The predicted molar refractivity (Wildman–Crippen MR) is 132 cm³/mol. The van der Waals surface area contributed by atoms with E-state index in [1.165, 1.54) is 5.56 Å². The van der Waals surface area contributed by atoms with Gasteiger partial charge in [0.05, 0.1) is 28.7 Å². The van der Waals surface area contributed by atoms with E-state index in [9.17, 15) is 4.79 Å². The van der Waals surface area contributed by atoms with E-state index >= 15 is 0 Å². The summed E-state index contributed by atoms with van der Waals surface area (Å²) in [4.78, 5) is 16.3. The number of para-hydroxylation sites is 1. The van der Waals surface area contributed by atoms with Gasteiger partial charge in [-0.15, -0.1) is 21.5 Å². The minimum absolute atomic E-state index is 0.187. The first-order valence-corrected chi connectivity index (χ1v) is 11.9. The number of benzene rings is 2. The van der Waals surface area contributed by atoms with Crippen LogP contribution in [0.15, 0.2) is 54.9 Å². The van der Waals surface area contributed by atoms with Crippen molar-refractivity contribution in [3.05, 3.63) is 71.0 Å². The monoisotopic (exact) mass is 478 g/mol. The van der Waals surface area contributed by atoms with Crippen LogP contribution >= 0.6 is 22.9 Å². The molecule has 5 rings (SSSR count). The molecule has 1 aliphatic rings. The van der Waals surface area contributed by atoms with Crippen molar-refractivity contribution in [1.82, 2.24) is 19.7 Å². The van der Waals surface area contributed by atoms with Crippen molar-refractivity contribution in [3.63, 3.8) is 0 Å². The van der Waals surface area contributed by atoms with Crippen molar-refractivity contribution >= 4 is 28.7 Å². The summed E-state index contributed by atoms with van der Waals surface area (Å²) >= 11 is 8.10. The zero-order valence-electron chi connectivity index (χ0n) is 18.4. The van der Waals surface area contributed by atoms with E-state index in [2.05, 4.69) is 22.3 Å². The number of Topliss-reactive ketones (excluding diaryl/α,β-unsaturated/α-hetero) is 1. The molecule has 2 aromatic heterocycles. The topological polar surface area (TPSA) is 60.3 Å². The highest BCUT2D eigenvalue weighted by atomic mass is 35.5. The van der Waals surface area contributed by atoms with Crippen LogP contribution < -0.4 is 4.74 Å². The van der Waals surface area contributed by atoms with Crippen LogP contribution in [-0.2, 0) is 17.6 Å². The standard InChI is InChI=1S/C25H23ClN4O2S/c1-29(2)14-18(31)11-16-7-8-19-22(12-16)32-10-9-17-13-23(33-24(17)19)25-28-27-15-30(25)21-6-4-3-5-20(21)26/h3-8,12-13,15H,9-11,14H2,1-2H3. The molecule has 0 radical (unpaired) electrons. The Labute approximate surface area is 201 Å². The molecule has 6 nitrogen and oxygen atoms in total. The highest BCUT2D eigenvalue weighted by Gasteiger charge is 2.22. The van der Waals surface area contributed by atoms with Gasteiger partial charge >= 0.3 is 0 Å². The number of hydrogen-bond acceptors (Lipinski definition) is 6. The first kappa shape index (κ1) is 21.8. The Morgan fingerprint density at radius 2 is 2.06 bits per heavy atom. The predicted octanol–water partition coefficient (Wildman–Crippen LogP) is 4.92. The summed E-state index contributed by atoms with van der Waals surface area (Å²) < 4.78 is 7.99. The van der Waals surface area contributed by atoms with Crippen LogP contribution in [0.3, 0.4) is 0 Å². The number of carbonyl (C=O) groups is 1. The minimum Gasteiger partial charge on any atom is -0.493 e. The third-order valence-corrected chi connectivity index (χ3v) is 7.03. The summed E-state index contributed by atoms with van der Waals surface area (Å²) in [5.74, 6) is 1.77. The van der Waals surface area contributed by atoms with E-state index < -0.39 is 0 Å². The van der Waals surface area contributed by atoms with Crippen molar-refractivity contribution in [3.8, 4) is 32.6 Å². The molecule has 0 atom stereocenters. The zero-order valence-corrected chi connectivity index (χ0v) is 20.0. The summed E-state index contributed by atoms with van der Waals surface area (Å²) in [5, 5.41) is 9.18. The zero-order chi connectivity index (χ0) is 22.9. The number of aromatic nitrogens is 3. The third-order valence-electron chi connectivity index (χ3n) is 5.50. The van der Waals surface area contributed by atoms with Crippen molar-refractivity contribution in [2.75, 3.05) is 27.2 Å². The number of fused-ring (bicyclic) bond motifs is 3. The lowest BCUT2D eigenvalue weighted by molar-refractivity contribution is -0.119. The molecule has 0 aliphatic carbocycles.